The highest BCUT2D eigenvalue weighted by Crippen LogP contribution is 2.30. The molecule has 0 bridgehead atoms. The van der Waals surface area contributed by atoms with Crippen LogP contribution in [0.3, 0.4) is 0 Å². The van der Waals surface area contributed by atoms with E-state index >= 15 is 0 Å². The molecule has 138 valence electrons. The third kappa shape index (κ3) is 5.62. The highest BCUT2D eigenvalue weighted by atomic mass is 16.5. The molecule has 0 saturated heterocycles. The number of hydrogen-bond donors (Lipinski definition) is 2. The Balaban J connectivity index is 1.98. The number of carbonyl (C=O) groups excluding carboxylic acids is 2. The molecule has 0 aliphatic rings. The molecule has 5 nitrogen and oxygen atoms in total. The van der Waals surface area contributed by atoms with Gasteiger partial charge in [0, 0.05) is 17.8 Å². The molecule has 2 N–H and O–H groups in total. The van der Waals surface area contributed by atoms with E-state index in [1.54, 1.807) is 31.2 Å². The zero-order chi connectivity index (χ0) is 19.2. The molecule has 0 spiro atoms. The Bertz CT molecular complexity index is 779. The van der Waals surface area contributed by atoms with Gasteiger partial charge in [0.2, 0.25) is 5.91 Å². The molecule has 0 radical (unpaired) electrons. The summed E-state index contributed by atoms with van der Waals surface area (Å²) in [6.07, 6.45) is 0.400. The fraction of sp³-hybridized carbons (Fsp3) is 0.333. The summed E-state index contributed by atoms with van der Waals surface area (Å²) in [5.74, 6) is 0.377. The van der Waals surface area contributed by atoms with Crippen LogP contribution in [0.4, 0.5) is 11.4 Å². The van der Waals surface area contributed by atoms with Gasteiger partial charge in [0.15, 0.2) is 6.61 Å². The second-order valence-corrected chi connectivity index (χ2v) is 7.07. The molecular weight excluding hydrogens is 328 g/mol. The number of ether oxygens (including phenoxy) is 1. The topological polar surface area (TPSA) is 67.4 Å². The molecule has 0 atom stereocenters. The lowest BCUT2D eigenvalue weighted by Crippen LogP contribution is -2.22. The third-order valence-electron chi connectivity index (χ3n) is 3.81. The molecule has 0 aliphatic heterocycles. The molecule has 2 aromatic carbocycles. The average molecular weight is 354 g/mol. The van der Waals surface area contributed by atoms with E-state index < -0.39 is 0 Å². The van der Waals surface area contributed by atoms with Crippen molar-refractivity contribution in [2.24, 2.45) is 0 Å². The largest absolute Gasteiger partial charge is 0.483 e. The van der Waals surface area contributed by atoms with Gasteiger partial charge in [0.1, 0.15) is 5.75 Å². The van der Waals surface area contributed by atoms with Gasteiger partial charge in [0.05, 0.1) is 0 Å². The first-order valence-corrected chi connectivity index (χ1v) is 8.71. The lowest BCUT2D eigenvalue weighted by Gasteiger charge is -2.22. The maximum absolute atomic E-state index is 12.2. The number of amides is 2. The van der Waals surface area contributed by atoms with Crippen LogP contribution in [0.2, 0.25) is 0 Å². The van der Waals surface area contributed by atoms with Crippen LogP contribution >= 0.6 is 0 Å². The molecule has 5 heteroatoms. The first-order valence-electron chi connectivity index (χ1n) is 8.71. The fourth-order valence-corrected chi connectivity index (χ4v) is 2.48. The van der Waals surface area contributed by atoms with Crippen molar-refractivity contribution < 1.29 is 14.3 Å². The highest BCUT2D eigenvalue weighted by molar-refractivity contribution is 5.94. The van der Waals surface area contributed by atoms with Crippen molar-refractivity contribution in [1.29, 1.82) is 0 Å². The number of carbonyl (C=O) groups is 2. The van der Waals surface area contributed by atoms with E-state index in [0.29, 0.717) is 23.5 Å². The Labute approximate surface area is 154 Å². The predicted molar refractivity (Wildman–Crippen MR) is 105 cm³/mol. The van der Waals surface area contributed by atoms with Crippen molar-refractivity contribution in [2.45, 2.75) is 39.5 Å². The van der Waals surface area contributed by atoms with Gasteiger partial charge in [-0.15, -0.1) is 0 Å². The lowest BCUT2D eigenvalue weighted by molar-refractivity contribution is -0.118. The van der Waals surface area contributed by atoms with E-state index in [1.807, 2.05) is 24.3 Å². The first-order chi connectivity index (χ1) is 12.3. The Hall–Kier alpha value is -2.82. The van der Waals surface area contributed by atoms with Gasteiger partial charge in [-0.2, -0.15) is 0 Å². The van der Waals surface area contributed by atoms with E-state index in [4.69, 9.17) is 4.74 Å². The Morgan fingerprint density at radius 1 is 0.923 bits per heavy atom. The van der Waals surface area contributed by atoms with E-state index in [-0.39, 0.29) is 23.8 Å². The van der Waals surface area contributed by atoms with Gasteiger partial charge < -0.3 is 15.4 Å². The summed E-state index contributed by atoms with van der Waals surface area (Å²) >= 11 is 0. The van der Waals surface area contributed by atoms with Crippen molar-refractivity contribution in [3.05, 3.63) is 54.1 Å². The maximum atomic E-state index is 12.2. The minimum atomic E-state index is -0.257. The quantitative estimate of drug-likeness (QED) is 0.810. The number of rotatable bonds is 6. The smallest absolute Gasteiger partial charge is 0.262 e. The zero-order valence-corrected chi connectivity index (χ0v) is 15.8. The maximum Gasteiger partial charge on any atom is 0.262 e. The van der Waals surface area contributed by atoms with Crippen LogP contribution in [0.5, 0.6) is 5.75 Å². The van der Waals surface area contributed by atoms with Crippen LogP contribution in [0.25, 0.3) is 0 Å². The number of para-hydroxylation sites is 1. The summed E-state index contributed by atoms with van der Waals surface area (Å²) < 4.78 is 5.73. The molecule has 2 rings (SSSR count). The van der Waals surface area contributed by atoms with Crippen molar-refractivity contribution in [3.8, 4) is 5.75 Å². The normalized spacial score (nSPS) is 10.9. The SMILES string of the molecule is CCC(=O)Nc1cccc(NC(=O)COc2ccccc2C(C)(C)C)c1. The van der Waals surface area contributed by atoms with Crippen molar-refractivity contribution >= 4 is 23.2 Å². The summed E-state index contributed by atoms with van der Waals surface area (Å²) in [6, 6.07) is 14.8. The van der Waals surface area contributed by atoms with E-state index in [9.17, 15) is 9.59 Å². The minimum Gasteiger partial charge on any atom is -0.483 e. The molecule has 0 heterocycles. The van der Waals surface area contributed by atoms with Gasteiger partial charge in [-0.05, 0) is 35.2 Å². The van der Waals surface area contributed by atoms with Gasteiger partial charge in [-0.1, -0.05) is 52.0 Å². The molecule has 0 saturated carbocycles. The van der Waals surface area contributed by atoms with E-state index in [2.05, 4.69) is 31.4 Å². The van der Waals surface area contributed by atoms with Crippen LogP contribution in [0.15, 0.2) is 48.5 Å². The Morgan fingerprint density at radius 3 is 2.15 bits per heavy atom. The van der Waals surface area contributed by atoms with Gasteiger partial charge in [-0.25, -0.2) is 0 Å². The third-order valence-corrected chi connectivity index (χ3v) is 3.81. The lowest BCUT2D eigenvalue weighted by atomic mass is 9.86. The van der Waals surface area contributed by atoms with Crippen LogP contribution in [0.1, 0.15) is 39.7 Å². The summed E-state index contributed by atoms with van der Waals surface area (Å²) in [7, 11) is 0. The molecule has 0 aliphatic carbocycles. The summed E-state index contributed by atoms with van der Waals surface area (Å²) in [4.78, 5) is 23.7. The van der Waals surface area contributed by atoms with Gasteiger partial charge in [-0.3, -0.25) is 9.59 Å². The average Bonchev–Trinajstić information content (AvgIpc) is 2.59. The van der Waals surface area contributed by atoms with Crippen molar-refractivity contribution in [2.75, 3.05) is 17.2 Å². The van der Waals surface area contributed by atoms with E-state index in [1.165, 1.54) is 0 Å². The minimum absolute atomic E-state index is 0.0706. The number of hydrogen-bond acceptors (Lipinski definition) is 3. The summed E-state index contributed by atoms with van der Waals surface area (Å²) in [5, 5.41) is 5.55. The molecule has 2 amide bonds. The number of nitrogens with one attached hydrogen (secondary N) is 2. The Kier molecular flexibility index (Phi) is 6.39. The van der Waals surface area contributed by atoms with Crippen molar-refractivity contribution in [1.82, 2.24) is 0 Å². The van der Waals surface area contributed by atoms with Gasteiger partial charge in [0.25, 0.3) is 5.91 Å². The molecule has 26 heavy (non-hydrogen) atoms. The molecule has 2 aromatic rings. The second kappa shape index (κ2) is 8.52. The van der Waals surface area contributed by atoms with Crippen LogP contribution in [-0.2, 0) is 15.0 Å². The molecule has 0 unspecified atom stereocenters. The van der Waals surface area contributed by atoms with Crippen LogP contribution in [0, 0.1) is 0 Å². The number of anilines is 2. The summed E-state index contributed by atoms with van der Waals surface area (Å²) in [6.45, 7) is 8.01. The van der Waals surface area contributed by atoms with Crippen LogP contribution in [-0.4, -0.2) is 18.4 Å². The Morgan fingerprint density at radius 2 is 1.54 bits per heavy atom. The monoisotopic (exact) mass is 354 g/mol. The van der Waals surface area contributed by atoms with Crippen molar-refractivity contribution in [3.63, 3.8) is 0 Å². The predicted octanol–water partition coefficient (Wildman–Crippen LogP) is 4.35. The van der Waals surface area contributed by atoms with Crippen LogP contribution < -0.4 is 15.4 Å². The second-order valence-electron chi connectivity index (χ2n) is 7.07. The zero-order valence-electron chi connectivity index (χ0n) is 15.8. The molecule has 0 aromatic heterocycles. The standard InChI is InChI=1S/C21H26N2O3/c1-5-19(24)22-15-9-8-10-16(13-15)23-20(25)14-26-18-12-7-6-11-17(18)21(2,3)4/h6-13H,5,14H2,1-4H3,(H,22,24)(H,23,25). The highest BCUT2D eigenvalue weighted by Gasteiger charge is 2.18. The number of benzene rings is 2. The summed E-state index contributed by atoms with van der Waals surface area (Å²) in [5.41, 5.74) is 2.24. The molecule has 0 fully saturated rings. The first kappa shape index (κ1) is 19.5. The molecular formula is C21H26N2O3. The van der Waals surface area contributed by atoms with E-state index in [0.717, 1.165) is 5.56 Å². The van der Waals surface area contributed by atoms with Gasteiger partial charge >= 0.3 is 0 Å². The fourth-order valence-electron chi connectivity index (χ4n) is 2.48.